The van der Waals surface area contributed by atoms with Gasteiger partial charge < -0.3 is 4.42 Å². The van der Waals surface area contributed by atoms with Crippen LogP contribution in [0.5, 0.6) is 0 Å². The molecule has 0 saturated heterocycles. The van der Waals surface area contributed by atoms with Gasteiger partial charge in [0, 0.05) is 6.07 Å². The number of benzene rings is 2. The molecule has 6 nitrogen and oxygen atoms in total. The zero-order valence-corrected chi connectivity index (χ0v) is 15.6. The lowest BCUT2D eigenvalue weighted by Gasteiger charge is -2.02. The van der Waals surface area contributed by atoms with Gasteiger partial charge in [-0.25, -0.2) is 9.97 Å². The lowest BCUT2D eigenvalue weighted by Crippen LogP contribution is -2.14. The number of rotatable bonds is 2. The first-order valence-electron chi connectivity index (χ1n) is 8.09. The third kappa shape index (κ3) is 2.70. The summed E-state index contributed by atoms with van der Waals surface area (Å²) in [6.07, 6.45) is 0. The molecule has 5 rings (SSSR count). The number of nitrogens with one attached hydrogen (secondary N) is 1. The zero-order chi connectivity index (χ0) is 18.5. The van der Waals surface area contributed by atoms with Crippen LogP contribution in [0.2, 0.25) is 0 Å². The van der Waals surface area contributed by atoms with E-state index in [1.165, 1.54) is 17.4 Å². The van der Waals surface area contributed by atoms with Crippen LogP contribution in [0.15, 0.2) is 51.7 Å². The molecule has 0 aliphatic rings. The van der Waals surface area contributed by atoms with Gasteiger partial charge in [0.2, 0.25) is 0 Å². The normalized spacial score (nSPS) is 11.4. The number of anilines is 1. The van der Waals surface area contributed by atoms with E-state index >= 15 is 0 Å². The number of carbonyl (C=O) groups excluding carboxylic acids is 1. The molecule has 0 atom stereocenters. The maximum atomic E-state index is 12.6. The summed E-state index contributed by atoms with van der Waals surface area (Å²) in [4.78, 5) is 33.8. The van der Waals surface area contributed by atoms with Crippen LogP contribution >= 0.6 is 22.7 Å². The van der Waals surface area contributed by atoms with Crippen LogP contribution in [0.25, 0.3) is 31.4 Å². The van der Waals surface area contributed by atoms with Crippen LogP contribution in [0, 0.1) is 6.92 Å². The second-order valence-electron chi connectivity index (χ2n) is 5.94. The molecular weight excluding hydrogens is 382 g/mol. The van der Waals surface area contributed by atoms with Gasteiger partial charge in [-0.15, -0.1) is 11.3 Å². The first-order chi connectivity index (χ1) is 13.1. The van der Waals surface area contributed by atoms with E-state index in [4.69, 9.17) is 4.42 Å². The number of hydrogen-bond donors (Lipinski definition) is 1. The first kappa shape index (κ1) is 16.1. The Balaban J connectivity index is 1.54. The fourth-order valence-electron chi connectivity index (χ4n) is 2.92. The van der Waals surface area contributed by atoms with Crippen LogP contribution in [0.3, 0.4) is 0 Å². The van der Waals surface area contributed by atoms with Crippen LogP contribution in [0.4, 0.5) is 5.13 Å². The highest BCUT2D eigenvalue weighted by Crippen LogP contribution is 2.34. The highest BCUT2D eigenvalue weighted by Gasteiger charge is 2.16. The second kappa shape index (κ2) is 5.97. The molecule has 27 heavy (non-hydrogen) atoms. The molecule has 132 valence electrons. The largest absolute Gasteiger partial charge is 0.451 e. The molecule has 5 aromatic rings. The number of aromatic nitrogens is 2. The molecule has 1 N–H and O–H groups in total. The average Bonchev–Trinajstić information content (AvgIpc) is 3.23. The summed E-state index contributed by atoms with van der Waals surface area (Å²) in [7, 11) is 0. The van der Waals surface area contributed by atoms with Gasteiger partial charge in [0.05, 0.1) is 25.3 Å². The summed E-state index contributed by atoms with van der Waals surface area (Å²) in [5, 5.41) is 4.58. The lowest BCUT2D eigenvalue weighted by atomic mass is 10.2. The van der Waals surface area contributed by atoms with Gasteiger partial charge in [-0.2, -0.15) is 0 Å². The number of aryl methyl sites for hydroxylation is 1. The van der Waals surface area contributed by atoms with Crippen LogP contribution in [-0.4, -0.2) is 15.9 Å². The lowest BCUT2D eigenvalue weighted by molar-refractivity contribution is 0.0997. The van der Waals surface area contributed by atoms with E-state index in [2.05, 4.69) is 15.3 Å². The van der Waals surface area contributed by atoms with Crippen LogP contribution < -0.4 is 10.7 Å². The number of hydrogen-bond acceptors (Lipinski definition) is 7. The quantitative estimate of drug-likeness (QED) is 0.475. The van der Waals surface area contributed by atoms with Crippen molar-refractivity contribution < 1.29 is 9.21 Å². The third-order valence-electron chi connectivity index (χ3n) is 4.10. The highest BCUT2D eigenvalue weighted by molar-refractivity contribution is 7.24. The third-order valence-corrected chi connectivity index (χ3v) is 6.03. The van der Waals surface area contributed by atoms with E-state index in [1.54, 1.807) is 35.6 Å². The minimum atomic E-state index is -0.511. The second-order valence-corrected chi connectivity index (χ2v) is 8.17. The van der Waals surface area contributed by atoms with Crippen molar-refractivity contribution in [2.24, 2.45) is 0 Å². The summed E-state index contributed by atoms with van der Waals surface area (Å²) in [5.74, 6) is -0.560. The van der Waals surface area contributed by atoms with Crippen molar-refractivity contribution in [3.63, 3.8) is 0 Å². The number of thiazole rings is 2. The van der Waals surface area contributed by atoms with E-state index in [0.29, 0.717) is 16.1 Å². The predicted molar refractivity (Wildman–Crippen MR) is 108 cm³/mol. The summed E-state index contributed by atoms with van der Waals surface area (Å²) >= 11 is 2.97. The maximum Gasteiger partial charge on any atom is 0.293 e. The smallest absolute Gasteiger partial charge is 0.293 e. The SMILES string of the molecule is Cc1nc2c(ccc3nc(NC(=O)c4cc(=O)c5ccccc5o4)sc32)s1. The number of amides is 1. The van der Waals surface area contributed by atoms with Crippen molar-refractivity contribution in [2.75, 3.05) is 5.32 Å². The van der Waals surface area contributed by atoms with Crippen molar-refractivity contribution in [1.29, 1.82) is 0 Å². The number of carbonyl (C=O) groups is 1. The van der Waals surface area contributed by atoms with E-state index in [9.17, 15) is 9.59 Å². The molecule has 0 fully saturated rings. The molecule has 0 aliphatic heterocycles. The van der Waals surface area contributed by atoms with E-state index in [0.717, 1.165) is 25.4 Å². The topological polar surface area (TPSA) is 85.1 Å². The monoisotopic (exact) mass is 393 g/mol. The number of fused-ring (bicyclic) bond motifs is 4. The Labute approximate surface area is 160 Å². The van der Waals surface area contributed by atoms with Crippen molar-refractivity contribution in [3.05, 3.63) is 63.5 Å². The molecule has 3 heterocycles. The molecule has 2 aromatic carbocycles. The van der Waals surface area contributed by atoms with Crippen molar-refractivity contribution >= 4 is 65.1 Å². The number of nitrogens with zero attached hydrogens (tertiary/aromatic N) is 2. The van der Waals surface area contributed by atoms with E-state index < -0.39 is 5.91 Å². The van der Waals surface area contributed by atoms with Gasteiger partial charge in [0.25, 0.3) is 5.91 Å². The molecule has 3 aromatic heterocycles. The summed E-state index contributed by atoms with van der Waals surface area (Å²) in [6, 6.07) is 11.9. The average molecular weight is 393 g/mol. The maximum absolute atomic E-state index is 12.6. The highest BCUT2D eigenvalue weighted by atomic mass is 32.1. The standard InChI is InChI=1S/C19H11N3O3S2/c1-9-20-16-15(26-9)7-6-11-17(16)27-19(21-11)22-18(24)14-8-12(23)10-4-2-3-5-13(10)25-14/h2-8H,1H3,(H,21,22,24). The Kier molecular flexibility index (Phi) is 3.56. The van der Waals surface area contributed by atoms with Gasteiger partial charge >= 0.3 is 0 Å². The summed E-state index contributed by atoms with van der Waals surface area (Å²) in [5.41, 5.74) is 1.78. The molecule has 0 radical (unpaired) electrons. The van der Waals surface area contributed by atoms with Gasteiger partial charge in [-0.1, -0.05) is 23.5 Å². The van der Waals surface area contributed by atoms with Gasteiger partial charge in [0.15, 0.2) is 16.3 Å². The predicted octanol–water partition coefficient (Wildman–Crippen LogP) is 4.57. The van der Waals surface area contributed by atoms with Crippen molar-refractivity contribution in [3.8, 4) is 0 Å². The molecule has 0 saturated carbocycles. The fourth-order valence-corrected chi connectivity index (χ4v) is 4.77. The van der Waals surface area contributed by atoms with Crippen molar-refractivity contribution in [2.45, 2.75) is 6.92 Å². The Morgan fingerprint density at radius 1 is 1.11 bits per heavy atom. The molecule has 0 aliphatic carbocycles. The Bertz CT molecular complexity index is 1410. The van der Waals surface area contributed by atoms with Crippen LogP contribution in [0.1, 0.15) is 15.6 Å². The van der Waals surface area contributed by atoms with E-state index in [-0.39, 0.29) is 11.2 Å². The molecule has 8 heteroatoms. The Hall–Kier alpha value is -3.10. The summed E-state index contributed by atoms with van der Waals surface area (Å²) in [6.45, 7) is 1.96. The Morgan fingerprint density at radius 3 is 2.85 bits per heavy atom. The number of para-hydroxylation sites is 1. The van der Waals surface area contributed by atoms with Crippen LogP contribution in [-0.2, 0) is 0 Å². The molecule has 0 bridgehead atoms. The van der Waals surface area contributed by atoms with Gasteiger partial charge in [-0.3, -0.25) is 14.9 Å². The first-order valence-corrected chi connectivity index (χ1v) is 9.73. The molecule has 0 spiro atoms. The Morgan fingerprint density at radius 2 is 1.96 bits per heavy atom. The minimum absolute atomic E-state index is 0.0485. The van der Waals surface area contributed by atoms with Gasteiger partial charge in [-0.05, 0) is 31.2 Å². The fraction of sp³-hybridized carbons (Fsp3) is 0.0526. The molecular formula is C19H11N3O3S2. The summed E-state index contributed by atoms with van der Waals surface area (Å²) < 4.78 is 7.59. The zero-order valence-electron chi connectivity index (χ0n) is 14.0. The molecule has 0 unspecified atom stereocenters. The molecule has 1 amide bonds. The van der Waals surface area contributed by atoms with Gasteiger partial charge in [0.1, 0.15) is 11.1 Å². The van der Waals surface area contributed by atoms with Crippen molar-refractivity contribution in [1.82, 2.24) is 9.97 Å². The minimum Gasteiger partial charge on any atom is -0.451 e. The van der Waals surface area contributed by atoms with E-state index in [1.807, 2.05) is 19.1 Å².